The molecule has 1 aromatic carbocycles. The van der Waals surface area contributed by atoms with Crippen molar-refractivity contribution in [2.45, 2.75) is 0 Å². The summed E-state index contributed by atoms with van der Waals surface area (Å²) in [5.74, 6) is 1.68. The summed E-state index contributed by atoms with van der Waals surface area (Å²) in [6.07, 6.45) is 1.39. The minimum atomic E-state index is 0.159. The van der Waals surface area contributed by atoms with Gasteiger partial charge in [-0.25, -0.2) is 9.97 Å². The summed E-state index contributed by atoms with van der Waals surface area (Å²) in [4.78, 5) is 8.04. The summed E-state index contributed by atoms with van der Waals surface area (Å²) < 4.78 is 15.9. The van der Waals surface area contributed by atoms with Crippen molar-refractivity contribution < 1.29 is 14.2 Å². The maximum absolute atomic E-state index is 5.98. The van der Waals surface area contributed by atoms with Gasteiger partial charge in [0.1, 0.15) is 17.0 Å². The molecule has 0 saturated carbocycles. The van der Waals surface area contributed by atoms with Gasteiger partial charge in [0.05, 0.1) is 7.11 Å². The molecule has 5 nitrogen and oxygen atoms in total. The number of ether oxygens (including phenoxy) is 3. The second-order valence-corrected chi connectivity index (χ2v) is 3.56. The normalized spacial score (nSPS) is 13.1. The molecule has 6 heteroatoms. The molecule has 1 aromatic heterocycles. The van der Waals surface area contributed by atoms with Crippen LogP contribution in [0.3, 0.4) is 0 Å². The van der Waals surface area contributed by atoms with Crippen LogP contribution in [0.15, 0.2) is 12.4 Å². The molecule has 2 aromatic rings. The molecule has 0 aliphatic carbocycles. The van der Waals surface area contributed by atoms with Crippen LogP contribution in [0.1, 0.15) is 0 Å². The number of benzene rings is 1. The lowest BCUT2D eigenvalue weighted by Gasteiger charge is -2.07. The predicted molar refractivity (Wildman–Crippen MR) is 57.2 cm³/mol. The fourth-order valence-corrected chi connectivity index (χ4v) is 1.86. The first-order chi connectivity index (χ1) is 7.81. The quantitative estimate of drug-likeness (QED) is 0.712. The fourth-order valence-electron chi connectivity index (χ4n) is 1.67. The summed E-state index contributed by atoms with van der Waals surface area (Å²) in [7, 11) is 1.56. The summed E-state index contributed by atoms with van der Waals surface area (Å²) in [6, 6.07) is 1.74. The lowest BCUT2D eigenvalue weighted by atomic mass is 10.2. The molecule has 0 radical (unpaired) electrons. The van der Waals surface area contributed by atoms with Gasteiger partial charge in [0.2, 0.25) is 12.5 Å². The lowest BCUT2D eigenvalue weighted by molar-refractivity contribution is 0.172. The van der Waals surface area contributed by atoms with E-state index in [9.17, 15) is 0 Å². The van der Waals surface area contributed by atoms with E-state index in [0.29, 0.717) is 33.3 Å². The molecule has 0 N–H and O–H groups in total. The maximum Gasteiger partial charge on any atom is 0.231 e. The Labute approximate surface area is 95.9 Å². The highest BCUT2D eigenvalue weighted by molar-refractivity contribution is 6.34. The molecule has 0 amide bonds. The van der Waals surface area contributed by atoms with E-state index in [1.807, 2.05) is 0 Å². The van der Waals surface area contributed by atoms with Crippen molar-refractivity contribution in [3.63, 3.8) is 0 Å². The minimum absolute atomic E-state index is 0.159. The van der Waals surface area contributed by atoms with E-state index in [0.717, 1.165) is 0 Å². The number of hydrogen-bond donors (Lipinski definition) is 0. The monoisotopic (exact) mass is 238 g/mol. The number of fused-ring (bicyclic) bond motifs is 3. The van der Waals surface area contributed by atoms with Crippen LogP contribution in [0.2, 0.25) is 5.15 Å². The Morgan fingerprint density at radius 1 is 1.31 bits per heavy atom. The Hall–Kier alpha value is -1.75. The standard InChI is InChI=1S/C10H7ClN2O3/c1-14-6-2-5-7(12-3-13-10(5)11)9-8(6)15-4-16-9/h2-3H,4H2,1H3. The van der Waals surface area contributed by atoms with E-state index in [-0.39, 0.29) is 6.79 Å². The molecule has 1 aliphatic rings. The number of methoxy groups -OCH3 is 1. The zero-order valence-corrected chi connectivity index (χ0v) is 9.11. The van der Waals surface area contributed by atoms with Crippen molar-refractivity contribution in [1.82, 2.24) is 9.97 Å². The van der Waals surface area contributed by atoms with Crippen molar-refractivity contribution in [2.24, 2.45) is 0 Å². The van der Waals surface area contributed by atoms with Gasteiger partial charge in [-0.3, -0.25) is 0 Å². The van der Waals surface area contributed by atoms with Crippen molar-refractivity contribution >= 4 is 22.5 Å². The largest absolute Gasteiger partial charge is 0.493 e. The SMILES string of the molecule is COc1cc2c(Cl)ncnc2c2c1OCO2. The highest BCUT2D eigenvalue weighted by atomic mass is 35.5. The third-order valence-corrected chi connectivity index (χ3v) is 2.68. The molecule has 2 heterocycles. The van der Waals surface area contributed by atoms with Crippen molar-refractivity contribution in [2.75, 3.05) is 13.9 Å². The number of aromatic nitrogens is 2. The van der Waals surface area contributed by atoms with Gasteiger partial charge >= 0.3 is 0 Å². The van der Waals surface area contributed by atoms with Gasteiger partial charge in [-0.15, -0.1) is 0 Å². The van der Waals surface area contributed by atoms with E-state index in [2.05, 4.69) is 9.97 Å². The van der Waals surface area contributed by atoms with E-state index in [1.165, 1.54) is 6.33 Å². The van der Waals surface area contributed by atoms with Crippen molar-refractivity contribution in [3.05, 3.63) is 17.5 Å². The average Bonchev–Trinajstić information content (AvgIpc) is 2.78. The number of hydrogen-bond acceptors (Lipinski definition) is 5. The molecule has 1 aliphatic heterocycles. The minimum Gasteiger partial charge on any atom is -0.493 e. The Morgan fingerprint density at radius 3 is 2.94 bits per heavy atom. The summed E-state index contributed by atoms with van der Waals surface area (Å²) >= 11 is 5.98. The smallest absolute Gasteiger partial charge is 0.231 e. The number of nitrogens with zero attached hydrogens (tertiary/aromatic N) is 2. The van der Waals surface area contributed by atoms with Gasteiger partial charge in [0, 0.05) is 5.39 Å². The van der Waals surface area contributed by atoms with Gasteiger partial charge in [-0.05, 0) is 6.07 Å². The first-order valence-corrected chi connectivity index (χ1v) is 4.96. The van der Waals surface area contributed by atoms with E-state index < -0.39 is 0 Å². The molecule has 0 fully saturated rings. The highest BCUT2D eigenvalue weighted by Gasteiger charge is 2.24. The van der Waals surface area contributed by atoms with Gasteiger partial charge in [-0.2, -0.15) is 0 Å². The van der Waals surface area contributed by atoms with Gasteiger partial charge in [0.15, 0.2) is 11.5 Å². The van der Waals surface area contributed by atoms with Crippen molar-refractivity contribution in [1.29, 1.82) is 0 Å². The molecule has 16 heavy (non-hydrogen) atoms. The Bertz CT molecular complexity index is 573. The predicted octanol–water partition coefficient (Wildman–Crippen LogP) is 2.02. The summed E-state index contributed by atoms with van der Waals surface area (Å²) in [5.41, 5.74) is 0.633. The van der Waals surface area contributed by atoms with Crippen LogP contribution in [0.4, 0.5) is 0 Å². The van der Waals surface area contributed by atoms with Gasteiger partial charge in [0.25, 0.3) is 0 Å². The second-order valence-electron chi connectivity index (χ2n) is 3.20. The Balaban J connectivity index is 2.43. The van der Waals surface area contributed by atoms with Crippen LogP contribution in [-0.4, -0.2) is 23.9 Å². The average molecular weight is 239 g/mol. The maximum atomic E-state index is 5.98. The number of rotatable bonds is 1. The molecule has 3 rings (SSSR count). The van der Waals surface area contributed by atoms with Crippen LogP contribution in [-0.2, 0) is 0 Å². The van der Waals surface area contributed by atoms with Crippen LogP contribution in [0.5, 0.6) is 17.2 Å². The second kappa shape index (κ2) is 3.38. The number of halogens is 1. The Kier molecular flexibility index (Phi) is 2.00. The van der Waals surface area contributed by atoms with E-state index in [4.69, 9.17) is 25.8 Å². The van der Waals surface area contributed by atoms with E-state index >= 15 is 0 Å². The third kappa shape index (κ3) is 1.18. The van der Waals surface area contributed by atoms with Crippen molar-refractivity contribution in [3.8, 4) is 17.2 Å². The zero-order chi connectivity index (χ0) is 11.1. The van der Waals surface area contributed by atoms with Crippen LogP contribution in [0, 0.1) is 0 Å². The molecule has 0 spiro atoms. The summed E-state index contributed by atoms with van der Waals surface area (Å²) in [6.45, 7) is 0.159. The van der Waals surface area contributed by atoms with Gasteiger partial charge < -0.3 is 14.2 Å². The fraction of sp³-hybridized carbons (Fsp3) is 0.200. The zero-order valence-electron chi connectivity index (χ0n) is 8.36. The molecule has 0 bridgehead atoms. The molecule has 0 saturated heterocycles. The third-order valence-electron chi connectivity index (χ3n) is 2.38. The molecular formula is C10H7ClN2O3. The highest BCUT2D eigenvalue weighted by Crippen LogP contribution is 2.46. The molecule has 82 valence electrons. The topological polar surface area (TPSA) is 53.5 Å². The van der Waals surface area contributed by atoms with Crippen LogP contribution < -0.4 is 14.2 Å². The van der Waals surface area contributed by atoms with Crippen LogP contribution >= 0.6 is 11.6 Å². The van der Waals surface area contributed by atoms with Crippen LogP contribution in [0.25, 0.3) is 10.9 Å². The Morgan fingerprint density at radius 2 is 2.12 bits per heavy atom. The first kappa shape index (κ1) is 9.47. The molecule has 0 unspecified atom stereocenters. The summed E-state index contributed by atoms with van der Waals surface area (Å²) in [5, 5.41) is 1.05. The lowest BCUT2D eigenvalue weighted by Crippen LogP contribution is -1.94. The van der Waals surface area contributed by atoms with Gasteiger partial charge in [-0.1, -0.05) is 11.6 Å². The van der Waals surface area contributed by atoms with E-state index in [1.54, 1.807) is 13.2 Å². The molecule has 0 atom stereocenters. The first-order valence-electron chi connectivity index (χ1n) is 4.58. The molecular weight excluding hydrogens is 232 g/mol.